The van der Waals surface area contributed by atoms with Crippen LogP contribution in [0.1, 0.15) is 32.8 Å². The van der Waals surface area contributed by atoms with Gasteiger partial charge in [0.1, 0.15) is 16.9 Å². The summed E-state index contributed by atoms with van der Waals surface area (Å²) in [6, 6.07) is 6.23. The first-order valence-electron chi connectivity index (χ1n) is 8.29. The normalized spacial score (nSPS) is 11.7. The van der Waals surface area contributed by atoms with Crippen LogP contribution in [0.25, 0.3) is 21.9 Å². The first-order chi connectivity index (χ1) is 11.0. The molecule has 0 aliphatic carbocycles. The molecule has 1 aromatic carbocycles. The van der Waals surface area contributed by atoms with Crippen LogP contribution >= 0.6 is 0 Å². The van der Waals surface area contributed by atoms with Crippen LogP contribution in [0.5, 0.6) is 0 Å². The first-order valence-corrected chi connectivity index (χ1v) is 8.29. The second-order valence-corrected chi connectivity index (χ2v) is 6.61. The van der Waals surface area contributed by atoms with Crippen molar-refractivity contribution >= 4 is 33.7 Å². The second kappa shape index (κ2) is 6.07. The highest BCUT2D eigenvalue weighted by atomic mass is 15.2. The molecule has 2 aromatic heterocycles. The van der Waals surface area contributed by atoms with Crippen molar-refractivity contribution in [3.63, 3.8) is 0 Å². The maximum atomic E-state index is 6.16. The number of aromatic amines is 1. The number of fused-ring (bicyclic) bond motifs is 3. The molecule has 0 aliphatic rings. The first kappa shape index (κ1) is 15.6. The van der Waals surface area contributed by atoms with Gasteiger partial charge in [-0.05, 0) is 30.4 Å². The molecule has 122 valence electrons. The van der Waals surface area contributed by atoms with E-state index in [4.69, 9.17) is 10.7 Å². The van der Waals surface area contributed by atoms with E-state index < -0.39 is 0 Å². The number of nitrogens with two attached hydrogens (primary N) is 1. The summed E-state index contributed by atoms with van der Waals surface area (Å²) in [7, 11) is 2.04. The number of nitrogen functional groups attached to an aromatic ring is 1. The third-order valence-electron chi connectivity index (χ3n) is 4.10. The molecule has 23 heavy (non-hydrogen) atoms. The summed E-state index contributed by atoms with van der Waals surface area (Å²) in [6.07, 6.45) is 2.08. The fourth-order valence-corrected chi connectivity index (χ4v) is 3.10. The average molecular weight is 311 g/mol. The highest BCUT2D eigenvalue weighted by Crippen LogP contribution is 2.31. The van der Waals surface area contributed by atoms with Gasteiger partial charge < -0.3 is 15.6 Å². The minimum Gasteiger partial charge on any atom is -0.382 e. The lowest BCUT2D eigenvalue weighted by atomic mass is 9.98. The molecule has 3 rings (SSSR count). The molecule has 0 atom stereocenters. The summed E-state index contributed by atoms with van der Waals surface area (Å²) in [5, 5.41) is 1.12. The van der Waals surface area contributed by atoms with Crippen LogP contribution < -0.4 is 10.6 Å². The molecule has 5 nitrogen and oxygen atoms in total. The van der Waals surface area contributed by atoms with Gasteiger partial charge in [-0.1, -0.05) is 32.9 Å². The minimum absolute atomic E-state index is 0.512. The molecule has 0 bridgehead atoms. The van der Waals surface area contributed by atoms with E-state index in [1.54, 1.807) is 0 Å². The van der Waals surface area contributed by atoms with Crippen molar-refractivity contribution in [2.45, 2.75) is 33.6 Å². The molecule has 0 amide bonds. The molecule has 0 radical (unpaired) electrons. The molecule has 0 unspecified atom stereocenters. The Kier molecular flexibility index (Phi) is 4.11. The third-order valence-corrected chi connectivity index (χ3v) is 4.10. The molecule has 0 aliphatic heterocycles. The summed E-state index contributed by atoms with van der Waals surface area (Å²) in [4.78, 5) is 14.9. The van der Waals surface area contributed by atoms with Crippen molar-refractivity contribution in [1.29, 1.82) is 0 Å². The van der Waals surface area contributed by atoms with Crippen molar-refractivity contribution in [3.05, 3.63) is 23.8 Å². The zero-order valence-corrected chi connectivity index (χ0v) is 14.3. The predicted octanol–water partition coefficient (Wildman–Crippen LogP) is 3.74. The van der Waals surface area contributed by atoms with Crippen molar-refractivity contribution in [1.82, 2.24) is 15.0 Å². The molecule has 0 spiro atoms. The van der Waals surface area contributed by atoms with Crippen LogP contribution in [0.2, 0.25) is 0 Å². The topological polar surface area (TPSA) is 70.8 Å². The van der Waals surface area contributed by atoms with Crippen LogP contribution in [-0.4, -0.2) is 28.5 Å². The number of pyridine rings is 1. The number of nitrogens with one attached hydrogen (secondary N) is 1. The number of imidazole rings is 1. The Labute approximate surface area is 136 Å². The Hall–Kier alpha value is -2.30. The van der Waals surface area contributed by atoms with Crippen LogP contribution in [0.15, 0.2) is 18.2 Å². The van der Waals surface area contributed by atoms with E-state index in [1.807, 2.05) is 13.1 Å². The van der Waals surface area contributed by atoms with Gasteiger partial charge in [-0.2, -0.15) is 0 Å². The lowest BCUT2D eigenvalue weighted by Gasteiger charge is -2.13. The Morgan fingerprint density at radius 1 is 1.26 bits per heavy atom. The van der Waals surface area contributed by atoms with Crippen molar-refractivity contribution in [2.24, 2.45) is 5.92 Å². The van der Waals surface area contributed by atoms with E-state index in [0.717, 1.165) is 47.3 Å². The van der Waals surface area contributed by atoms with Crippen molar-refractivity contribution in [2.75, 3.05) is 24.2 Å². The molecule has 0 fully saturated rings. The van der Waals surface area contributed by atoms with Crippen LogP contribution in [0.3, 0.4) is 0 Å². The standard InChI is InChI=1S/C18H25N5/c1-5-9-23(4)18-21-15-14-12(10-11(2)3)7-6-8-13(14)20-17(19)16(15)22-18/h6-8,11H,5,9-10H2,1-4H3,(H2,19,20)(H,21,22). The molecule has 3 N–H and O–H groups in total. The highest BCUT2D eigenvalue weighted by molar-refractivity contribution is 6.08. The van der Waals surface area contributed by atoms with E-state index >= 15 is 0 Å². The average Bonchev–Trinajstić information content (AvgIpc) is 2.93. The predicted molar refractivity (Wildman–Crippen MR) is 97.9 cm³/mol. The summed E-state index contributed by atoms with van der Waals surface area (Å²) >= 11 is 0. The Morgan fingerprint density at radius 3 is 2.74 bits per heavy atom. The monoisotopic (exact) mass is 311 g/mol. The molecule has 5 heteroatoms. The lowest BCUT2D eigenvalue weighted by molar-refractivity contribution is 0.650. The fourth-order valence-electron chi connectivity index (χ4n) is 3.10. The van der Waals surface area contributed by atoms with E-state index in [1.165, 1.54) is 5.56 Å². The highest BCUT2D eigenvalue weighted by Gasteiger charge is 2.16. The summed E-state index contributed by atoms with van der Waals surface area (Å²) in [6.45, 7) is 7.56. The van der Waals surface area contributed by atoms with Crippen LogP contribution in [0, 0.1) is 5.92 Å². The van der Waals surface area contributed by atoms with Gasteiger partial charge >= 0.3 is 0 Å². The molecule has 0 saturated carbocycles. The Morgan fingerprint density at radius 2 is 2.04 bits per heavy atom. The minimum atomic E-state index is 0.512. The van der Waals surface area contributed by atoms with E-state index in [0.29, 0.717) is 11.7 Å². The number of rotatable bonds is 5. The Balaban J connectivity index is 2.27. The number of benzene rings is 1. The maximum absolute atomic E-state index is 6.16. The van der Waals surface area contributed by atoms with Gasteiger partial charge in [-0.3, -0.25) is 0 Å². The molecular weight excluding hydrogens is 286 g/mol. The van der Waals surface area contributed by atoms with E-state index in [2.05, 4.69) is 47.8 Å². The Bertz CT molecular complexity index is 834. The summed E-state index contributed by atoms with van der Waals surface area (Å²) in [5.41, 5.74) is 10.1. The molecule has 2 heterocycles. The second-order valence-electron chi connectivity index (χ2n) is 6.61. The quantitative estimate of drug-likeness (QED) is 0.753. The number of anilines is 2. The number of hydrogen-bond acceptors (Lipinski definition) is 4. The van der Waals surface area contributed by atoms with Crippen molar-refractivity contribution in [3.8, 4) is 0 Å². The number of hydrogen-bond donors (Lipinski definition) is 2. The maximum Gasteiger partial charge on any atom is 0.203 e. The van der Waals surface area contributed by atoms with E-state index in [-0.39, 0.29) is 0 Å². The van der Waals surface area contributed by atoms with Gasteiger partial charge in [0, 0.05) is 19.0 Å². The van der Waals surface area contributed by atoms with Gasteiger partial charge in [-0.15, -0.1) is 0 Å². The van der Waals surface area contributed by atoms with Crippen molar-refractivity contribution < 1.29 is 0 Å². The smallest absolute Gasteiger partial charge is 0.203 e. The molecule has 3 aromatic rings. The third kappa shape index (κ3) is 2.83. The molecular formula is C18H25N5. The van der Waals surface area contributed by atoms with Gasteiger partial charge in [0.2, 0.25) is 5.95 Å². The fraction of sp³-hybridized carbons (Fsp3) is 0.444. The lowest BCUT2D eigenvalue weighted by Crippen LogP contribution is -2.18. The zero-order chi connectivity index (χ0) is 16.6. The van der Waals surface area contributed by atoms with Gasteiger partial charge in [0.25, 0.3) is 0 Å². The van der Waals surface area contributed by atoms with Gasteiger partial charge in [0.05, 0.1) is 5.52 Å². The van der Waals surface area contributed by atoms with Crippen LogP contribution in [-0.2, 0) is 6.42 Å². The van der Waals surface area contributed by atoms with Gasteiger partial charge in [-0.25, -0.2) is 9.97 Å². The zero-order valence-electron chi connectivity index (χ0n) is 14.3. The van der Waals surface area contributed by atoms with Gasteiger partial charge in [0.15, 0.2) is 0 Å². The SMILES string of the molecule is CCCN(C)c1nc2c([nH]1)c(N)nc1cccc(CC(C)C)c12. The number of nitrogens with zero attached hydrogens (tertiary/aromatic N) is 3. The number of H-pyrrole nitrogens is 1. The van der Waals surface area contributed by atoms with E-state index in [9.17, 15) is 0 Å². The largest absolute Gasteiger partial charge is 0.382 e. The number of aromatic nitrogens is 3. The summed E-state index contributed by atoms with van der Waals surface area (Å²) in [5.74, 6) is 1.94. The summed E-state index contributed by atoms with van der Waals surface area (Å²) < 4.78 is 0. The molecule has 0 saturated heterocycles. The van der Waals surface area contributed by atoms with Crippen LogP contribution in [0.4, 0.5) is 11.8 Å².